The molecule has 0 saturated heterocycles. The summed E-state index contributed by atoms with van der Waals surface area (Å²) in [4.78, 5) is 16.9. The molecule has 8 heteroatoms. The number of sulfonamides is 1. The summed E-state index contributed by atoms with van der Waals surface area (Å²) in [5.41, 5.74) is 1.22. The Morgan fingerprint density at radius 1 is 1.20 bits per heavy atom. The molecule has 1 aliphatic rings. The van der Waals surface area contributed by atoms with Crippen LogP contribution in [0.15, 0.2) is 34.0 Å². The van der Waals surface area contributed by atoms with Crippen LogP contribution >= 0.6 is 0 Å². The Morgan fingerprint density at radius 2 is 1.88 bits per heavy atom. The molecular weight excluding hydrogens is 340 g/mol. The number of hydrogen-bond acceptors (Lipinski definition) is 5. The van der Waals surface area contributed by atoms with Crippen molar-refractivity contribution >= 4 is 10.0 Å². The maximum Gasteiger partial charge on any atom is 0.256 e. The lowest BCUT2D eigenvalue weighted by molar-refractivity contribution is 0.426. The number of nitriles is 1. The highest BCUT2D eigenvalue weighted by Crippen LogP contribution is 2.22. The molecule has 1 aromatic heterocycles. The summed E-state index contributed by atoms with van der Waals surface area (Å²) in [6.45, 7) is 2.17. The van der Waals surface area contributed by atoms with Crippen molar-refractivity contribution in [1.29, 1.82) is 5.26 Å². The van der Waals surface area contributed by atoms with E-state index in [0.29, 0.717) is 29.9 Å². The van der Waals surface area contributed by atoms with E-state index in [9.17, 15) is 18.5 Å². The Morgan fingerprint density at radius 3 is 2.60 bits per heavy atom. The van der Waals surface area contributed by atoms with E-state index in [0.717, 1.165) is 0 Å². The molecule has 1 aromatic carbocycles. The molecule has 3 rings (SSSR count). The van der Waals surface area contributed by atoms with Crippen LogP contribution in [0.5, 0.6) is 0 Å². The van der Waals surface area contributed by atoms with Crippen LogP contribution in [0.25, 0.3) is 0 Å². The van der Waals surface area contributed by atoms with Gasteiger partial charge < -0.3 is 0 Å². The number of nitrogens with zero attached hydrogens (tertiary/aromatic N) is 4. The van der Waals surface area contributed by atoms with Gasteiger partial charge in [0, 0.05) is 32.1 Å². The summed E-state index contributed by atoms with van der Waals surface area (Å²) in [6.07, 6.45) is 0.684. The molecule has 0 bridgehead atoms. The maximum atomic E-state index is 13.0. The largest absolute Gasteiger partial charge is 0.300 e. The monoisotopic (exact) mass is 358 g/mol. The highest BCUT2D eigenvalue weighted by Gasteiger charge is 2.30. The molecule has 130 valence electrons. The van der Waals surface area contributed by atoms with E-state index in [1.807, 2.05) is 6.07 Å². The fourth-order valence-corrected chi connectivity index (χ4v) is 4.59. The third-order valence-electron chi connectivity index (χ3n) is 4.53. The predicted molar refractivity (Wildman–Crippen MR) is 91.5 cm³/mol. The average Bonchev–Trinajstić information content (AvgIpc) is 2.83. The molecule has 2 aromatic rings. The zero-order valence-corrected chi connectivity index (χ0v) is 14.9. The number of hydrogen-bond donors (Lipinski definition) is 0. The van der Waals surface area contributed by atoms with Gasteiger partial charge in [0.15, 0.2) is 0 Å². The number of rotatable bonds is 2. The number of benzene rings is 1. The number of fused-ring (bicyclic) bond motifs is 1. The molecule has 0 fully saturated rings. The van der Waals surface area contributed by atoms with E-state index in [-0.39, 0.29) is 29.1 Å². The van der Waals surface area contributed by atoms with Gasteiger partial charge in [0.2, 0.25) is 10.0 Å². The first-order chi connectivity index (χ1) is 11.9. The van der Waals surface area contributed by atoms with Crippen LogP contribution in [0.4, 0.5) is 0 Å². The highest BCUT2D eigenvalue weighted by molar-refractivity contribution is 7.89. The van der Waals surface area contributed by atoms with E-state index < -0.39 is 10.0 Å². The highest BCUT2D eigenvalue weighted by atomic mass is 32.2. The van der Waals surface area contributed by atoms with Crippen LogP contribution in [0.3, 0.4) is 0 Å². The van der Waals surface area contributed by atoms with Crippen LogP contribution in [0.2, 0.25) is 0 Å². The minimum Gasteiger partial charge on any atom is -0.300 e. The summed E-state index contributed by atoms with van der Waals surface area (Å²) in [6, 6.07) is 8.08. The number of aromatic nitrogens is 2. The fourth-order valence-electron chi connectivity index (χ4n) is 3.01. The standard InChI is InChI=1S/C17H18N4O3S/c1-12-19-15-8-10-21(9-7-14(15)17(22)20(12)2)25(23,24)16-6-4-3-5-13(16)11-18/h3-6H,7-10H2,1-2H3. The molecule has 25 heavy (non-hydrogen) atoms. The third kappa shape index (κ3) is 2.97. The zero-order valence-electron chi connectivity index (χ0n) is 14.1. The summed E-state index contributed by atoms with van der Waals surface area (Å²) in [5, 5.41) is 9.19. The van der Waals surface area contributed by atoms with Crippen molar-refractivity contribution in [2.45, 2.75) is 24.7 Å². The molecule has 0 spiro atoms. The van der Waals surface area contributed by atoms with E-state index in [2.05, 4.69) is 4.98 Å². The van der Waals surface area contributed by atoms with Gasteiger partial charge in [0.25, 0.3) is 5.56 Å². The Kier molecular flexibility index (Phi) is 4.45. The molecule has 0 N–H and O–H groups in total. The average molecular weight is 358 g/mol. The Bertz CT molecular complexity index is 1030. The molecular formula is C17H18N4O3S. The van der Waals surface area contributed by atoms with Gasteiger partial charge in [-0.25, -0.2) is 13.4 Å². The molecule has 0 atom stereocenters. The topological polar surface area (TPSA) is 96.1 Å². The van der Waals surface area contributed by atoms with Gasteiger partial charge in [-0.1, -0.05) is 12.1 Å². The second-order valence-electron chi connectivity index (χ2n) is 5.96. The van der Waals surface area contributed by atoms with Crippen LogP contribution in [0.1, 0.15) is 22.6 Å². The van der Waals surface area contributed by atoms with Crippen LogP contribution in [0, 0.1) is 18.3 Å². The zero-order chi connectivity index (χ0) is 18.2. The van der Waals surface area contributed by atoms with Gasteiger partial charge in [-0.05, 0) is 25.5 Å². The van der Waals surface area contributed by atoms with E-state index in [1.165, 1.54) is 21.0 Å². The smallest absolute Gasteiger partial charge is 0.256 e. The van der Waals surface area contributed by atoms with Gasteiger partial charge in [0.05, 0.1) is 16.2 Å². The van der Waals surface area contributed by atoms with E-state index in [4.69, 9.17) is 0 Å². The van der Waals surface area contributed by atoms with Crippen LogP contribution in [-0.4, -0.2) is 35.4 Å². The first kappa shape index (κ1) is 17.3. The molecule has 2 heterocycles. The summed E-state index contributed by atoms with van der Waals surface area (Å²) in [7, 11) is -2.14. The molecule has 0 aliphatic carbocycles. The second kappa shape index (κ2) is 6.43. The quantitative estimate of drug-likeness (QED) is 0.789. The Hall–Kier alpha value is -2.50. The molecule has 0 amide bonds. The fraction of sp³-hybridized carbons (Fsp3) is 0.353. The van der Waals surface area contributed by atoms with Crippen LogP contribution in [-0.2, 0) is 29.9 Å². The lowest BCUT2D eigenvalue weighted by Gasteiger charge is -2.20. The first-order valence-corrected chi connectivity index (χ1v) is 9.35. The van der Waals surface area contributed by atoms with Gasteiger partial charge >= 0.3 is 0 Å². The normalized spacial score (nSPS) is 15.2. The van der Waals surface area contributed by atoms with Gasteiger partial charge in [0.1, 0.15) is 11.9 Å². The molecule has 1 aliphatic heterocycles. The van der Waals surface area contributed by atoms with E-state index in [1.54, 1.807) is 26.1 Å². The first-order valence-electron chi connectivity index (χ1n) is 7.91. The van der Waals surface area contributed by atoms with Gasteiger partial charge in [-0.3, -0.25) is 9.36 Å². The van der Waals surface area contributed by atoms with Crippen molar-refractivity contribution in [3.05, 3.63) is 57.3 Å². The number of aryl methyl sites for hydroxylation is 1. The SMILES string of the molecule is Cc1nc2c(c(=O)n1C)CCN(S(=O)(=O)c1ccccc1C#N)CC2. The lowest BCUT2D eigenvalue weighted by Crippen LogP contribution is -2.34. The van der Waals surface area contributed by atoms with Crippen molar-refractivity contribution in [3.8, 4) is 6.07 Å². The summed E-state index contributed by atoms with van der Waals surface area (Å²) >= 11 is 0. The van der Waals surface area contributed by atoms with Crippen molar-refractivity contribution in [1.82, 2.24) is 13.9 Å². The molecule has 7 nitrogen and oxygen atoms in total. The third-order valence-corrected chi connectivity index (χ3v) is 6.48. The molecule has 0 unspecified atom stereocenters. The maximum absolute atomic E-state index is 13.0. The summed E-state index contributed by atoms with van der Waals surface area (Å²) < 4.78 is 28.7. The Balaban J connectivity index is 1.98. The van der Waals surface area contributed by atoms with Crippen molar-refractivity contribution in [2.75, 3.05) is 13.1 Å². The van der Waals surface area contributed by atoms with E-state index >= 15 is 0 Å². The second-order valence-corrected chi connectivity index (χ2v) is 7.87. The minimum absolute atomic E-state index is 0.000461. The van der Waals surface area contributed by atoms with Gasteiger partial charge in [-0.15, -0.1) is 0 Å². The minimum atomic E-state index is -3.80. The van der Waals surface area contributed by atoms with Gasteiger partial charge in [-0.2, -0.15) is 9.57 Å². The summed E-state index contributed by atoms with van der Waals surface area (Å²) in [5.74, 6) is 0.606. The van der Waals surface area contributed by atoms with Crippen LogP contribution < -0.4 is 5.56 Å². The lowest BCUT2D eigenvalue weighted by atomic mass is 10.1. The molecule has 0 saturated carbocycles. The van der Waals surface area contributed by atoms with Crippen molar-refractivity contribution in [3.63, 3.8) is 0 Å². The molecule has 0 radical (unpaired) electrons. The van der Waals surface area contributed by atoms with Crippen molar-refractivity contribution in [2.24, 2.45) is 7.05 Å². The Labute approximate surface area is 146 Å². The predicted octanol–water partition coefficient (Wildman–Crippen LogP) is 0.750. The van der Waals surface area contributed by atoms with Crippen molar-refractivity contribution < 1.29 is 8.42 Å².